The molecule has 1 N–H and O–H groups in total. The van der Waals surface area contributed by atoms with E-state index in [9.17, 15) is 0 Å². The molecule has 1 aliphatic carbocycles. The Morgan fingerprint density at radius 1 is 1.00 bits per heavy atom. The van der Waals surface area contributed by atoms with Gasteiger partial charge in [0.15, 0.2) is 0 Å². The van der Waals surface area contributed by atoms with Crippen molar-refractivity contribution in [1.82, 2.24) is 10.2 Å². The molecule has 2 nitrogen and oxygen atoms in total. The van der Waals surface area contributed by atoms with Crippen LogP contribution in [-0.2, 0) is 0 Å². The van der Waals surface area contributed by atoms with E-state index in [2.05, 4.69) is 31.1 Å². The first-order valence-electron chi connectivity index (χ1n) is 8.06. The molecule has 2 bridgehead atoms. The summed E-state index contributed by atoms with van der Waals surface area (Å²) >= 11 is 0. The van der Waals surface area contributed by atoms with Crippen LogP contribution in [0.5, 0.6) is 0 Å². The molecule has 1 saturated carbocycles. The first-order valence-corrected chi connectivity index (χ1v) is 8.06. The molecule has 18 heavy (non-hydrogen) atoms. The quantitative estimate of drug-likeness (QED) is 0.810. The lowest BCUT2D eigenvalue weighted by atomic mass is 9.71. The number of hydrogen-bond donors (Lipinski definition) is 1. The summed E-state index contributed by atoms with van der Waals surface area (Å²) in [6, 6.07) is 3.40. The van der Waals surface area contributed by atoms with Crippen LogP contribution in [0.3, 0.4) is 0 Å². The second kappa shape index (κ2) is 4.79. The van der Waals surface area contributed by atoms with Gasteiger partial charge in [-0.3, -0.25) is 4.90 Å². The maximum atomic E-state index is 3.52. The van der Waals surface area contributed by atoms with Crippen LogP contribution in [0.25, 0.3) is 0 Å². The molecule has 0 aromatic rings. The molecule has 0 radical (unpaired) electrons. The third kappa shape index (κ3) is 2.12. The van der Waals surface area contributed by atoms with Crippen LogP contribution < -0.4 is 5.32 Å². The maximum absolute atomic E-state index is 3.52. The highest BCUT2D eigenvalue weighted by atomic mass is 15.3. The molecule has 2 aliphatic heterocycles. The van der Waals surface area contributed by atoms with E-state index in [0.717, 1.165) is 24.2 Å². The van der Waals surface area contributed by atoms with Gasteiger partial charge in [-0.05, 0) is 51.0 Å². The minimum Gasteiger partial charge on any atom is -0.317 e. The summed E-state index contributed by atoms with van der Waals surface area (Å²) in [5.41, 5.74) is 0.547. The molecule has 0 spiro atoms. The Balaban J connectivity index is 1.77. The van der Waals surface area contributed by atoms with E-state index in [0.29, 0.717) is 5.41 Å². The zero-order valence-corrected chi connectivity index (χ0v) is 12.4. The Labute approximate surface area is 113 Å². The second-order valence-corrected chi connectivity index (χ2v) is 7.54. The topological polar surface area (TPSA) is 15.3 Å². The molecule has 2 heteroatoms. The smallest absolute Gasteiger partial charge is 0.0152 e. The molecular weight excluding hydrogens is 220 g/mol. The Bertz CT molecular complexity index is 285. The van der Waals surface area contributed by atoms with Crippen molar-refractivity contribution in [2.24, 2.45) is 5.41 Å². The van der Waals surface area contributed by atoms with E-state index >= 15 is 0 Å². The fourth-order valence-electron chi connectivity index (χ4n) is 4.99. The first-order chi connectivity index (χ1) is 8.62. The monoisotopic (exact) mass is 250 g/mol. The van der Waals surface area contributed by atoms with Gasteiger partial charge in [0.2, 0.25) is 0 Å². The van der Waals surface area contributed by atoms with Gasteiger partial charge in [-0.15, -0.1) is 0 Å². The molecule has 3 atom stereocenters. The van der Waals surface area contributed by atoms with Gasteiger partial charge < -0.3 is 5.32 Å². The molecule has 104 valence electrons. The predicted octanol–water partition coefficient (Wildman–Crippen LogP) is 3.17. The van der Waals surface area contributed by atoms with Crippen molar-refractivity contribution >= 4 is 0 Å². The average Bonchev–Trinajstić information content (AvgIpc) is 2.59. The summed E-state index contributed by atoms with van der Waals surface area (Å²) in [4.78, 5) is 2.97. The van der Waals surface area contributed by atoms with E-state index in [-0.39, 0.29) is 0 Å². The Morgan fingerprint density at radius 2 is 1.67 bits per heavy atom. The summed E-state index contributed by atoms with van der Waals surface area (Å²) in [5.74, 6) is 0. The van der Waals surface area contributed by atoms with Crippen LogP contribution in [0.15, 0.2) is 0 Å². The van der Waals surface area contributed by atoms with Crippen LogP contribution in [0.1, 0.15) is 65.2 Å². The molecule has 0 amide bonds. The molecule has 3 rings (SSSR count). The van der Waals surface area contributed by atoms with E-state index in [1.807, 2.05) is 0 Å². The number of piperidine rings is 1. The average molecular weight is 250 g/mol. The maximum Gasteiger partial charge on any atom is 0.0152 e. The lowest BCUT2D eigenvalue weighted by molar-refractivity contribution is -0.0122. The zero-order valence-electron chi connectivity index (χ0n) is 12.4. The van der Waals surface area contributed by atoms with Gasteiger partial charge in [0.25, 0.3) is 0 Å². The van der Waals surface area contributed by atoms with Crippen molar-refractivity contribution in [2.45, 2.75) is 89.4 Å². The van der Waals surface area contributed by atoms with Crippen molar-refractivity contribution in [3.8, 4) is 0 Å². The Hall–Kier alpha value is -0.0800. The molecule has 3 unspecified atom stereocenters. The SMILES string of the molecule is CNC1CC2CCC(C1)N2C1CCCCC1(C)C. The normalized spacial score (nSPS) is 44.2. The van der Waals surface area contributed by atoms with Gasteiger partial charge in [0, 0.05) is 24.2 Å². The fourth-order valence-corrected chi connectivity index (χ4v) is 4.99. The third-order valence-corrected chi connectivity index (χ3v) is 6.01. The summed E-state index contributed by atoms with van der Waals surface area (Å²) in [7, 11) is 2.14. The van der Waals surface area contributed by atoms with Crippen molar-refractivity contribution in [3.63, 3.8) is 0 Å². The van der Waals surface area contributed by atoms with Crippen molar-refractivity contribution in [1.29, 1.82) is 0 Å². The van der Waals surface area contributed by atoms with Gasteiger partial charge in [-0.2, -0.15) is 0 Å². The van der Waals surface area contributed by atoms with E-state index in [1.54, 1.807) is 0 Å². The van der Waals surface area contributed by atoms with Crippen LogP contribution in [0.4, 0.5) is 0 Å². The standard InChI is InChI=1S/C16H30N2/c1-16(2)9-5-4-6-15(16)18-13-7-8-14(18)11-12(10-13)17-3/h12-15,17H,4-11H2,1-3H3. The van der Waals surface area contributed by atoms with Crippen molar-refractivity contribution in [3.05, 3.63) is 0 Å². The van der Waals surface area contributed by atoms with Crippen molar-refractivity contribution in [2.75, 3.05) is 7.05 Å². The van der Waals surface area contributed by atoms with Crippen molar-refractivity contribution < 1.29 is 0 Å². The highest BCUT2D eigenvalue weighted by Crippen LogP contribution is 2.46. The summed E-state index contributed by atoms with van der Waals surface area (Å²) in [6.07, 6.45) is 11.5. The fraction of sp³-hybridized carbons (Fsp3) is 1.00. The van der Waals surface area contributed by atoms with Gasteiger partial charge in [0.05, 0.1) is 0 Å². The predicted molar refractivity (Wildman–Crippen MR) is 76.8 cm³/mol. The molecule has 3 fully saturated rings. The van der Waals surface area contributed by atoms with Gasteiger partial charge in [-0.1, -0.05) is 26.7 Å². The molecule has 2 heterocycles. The Morgan fingerprint density at radius 3 is 2.22 bits per heavy atom. The second-order valence-electron chi connectivity index (χ2n) is 7.54. The molecule has 3 aliphatic rings. The lowest BCUT2D eigenvalue weighted by Crippen LogP contribution is -2.57. The number of nitrogens with one attached hydrogen (secondary N) is 1. The molecular formula is C16H30N2. The van der Waals surface area contributed by atoms with E-state index in [1.165, 1.54) is 51.4 Å². The Kier molecular flexibility index (Phi) is 3.44. The van der Waals surface area contributed by atoms with Crippen LogP contribution in [-0.4, -0.2) is 36.1 Å². The summed E-state index contributed by atoms with van der Waals surface area (Å²) in [6.45, 7) is 5.03. The number of fused-ring (bicyclic) bond motifs is 2. The minimum absolute atomic E-state index is 0.547. The van der Waals surface area contributed by atoms with Gasteiger partial charge in [0.1, 0.15) is 0 Å². The molecule has 0 aromatic carbocycles. The first kappa shape index (κ1) is 12.9. The van der Waals surface area contributed by atoms with Crippen LogP contribution in [0.2, 0.25) is 0 Å². The van der Waals surface area contributed by atoms with Gasteiger partial charge >= 0.3 is 0 Å². The van der Waals surface area contributed by atoms with Crippen LogP contribution in [0, 0.1) is 5.41 Å². The highest BCUT2D eigenvalue weighted by Gasteiger charge is 2.47. The summed E-state index contributed by atoms with van der Waals surface area (Å²) < 4.78 is 0. The van der Waals surface area contributed by atoms with Gasteiger partial charge in [-0.25, -0.2) is 0 Å². The number of rotatable bonds is 2. The minimum atomic E-state index is 0.547. The van der Waals surface area contributed by atoms with Crippen LogP contribution >= 0.6 is 0 Å². The van der Waals surface area contributed by atoms with E-state index < -0.39 is 0 Å². The number of hydrogen-bond acceptors (Lipinski definition) is 2. The molecule has 2 saturated heterocycles. The highest BCUT2D eigenvalue weighted by molar-refractivity contribution is 5.03. The van der Waals surface area contributed by atoms with E-state index in [4.69, 9.17) is 0 Å². The lowest BCUT2D eigenvalue weighted by Gasteiger charge is -2.51. The largest absolute Gasteiger partial charge is 0.317 e. The molecule has 0 aromatic heterocycles. The number of nitrogens with zero attached hydrogens (tertiary/aromatic N) is 1. The summed E-state index contributed by atoms with van der Waals surface area (Å²) in [5, 5.41) is 3.52. The third-order valence-electron chi connectivity index (χ3n) is 6.01. The zero-order chi connectivity index (χ0) is 12.8.